The van der Waals surface area contributed by atoms with Crippen LogP contribution in [-0.4, -0.2) is 28.4 Å². The minimum absolute atomic E-state index is 0.225. The molecule has 2 saturated carbocycles. The SMILES string of the molecule is CC(C)CN(C(=O)C1(C(N)=S)CCCC1)C1CCCC1. The van der Waals surface area contributed by atoms with E-state index in [0.29, 0.717) is 16.9 Å². The minimum atomic E-state index is -0.535. The van der Waals surface area contributed by atoms with Crippen LogP contribution < -0.4 is 5.73 Å². The monoisotopic (exact) mass is 296 g/mol. The molecule has 0 aromatic carbocycles. The minimum Gasteiger partial charge on any atom is -0.392 e. The summed E-state index contributed by atoms with van der Waals surface area (Å²) in [5.41, 5.74) is 5.45. The highest BCUT2D eigenvalue weighted by Gasteiger charge is 2.47. The molecule has 20 heavy (non-hydrogen) atoms. The summed E-state index contributed by atoms with van der Waals surface area (Å²) in [6, 6.07) is 0.414. The molecule has 2 rings (SSSR count). The first-order valence-electron chi connectivity index (χ1n) is 8.08. The van der Waals surface area contributed by atoms with Crippen molar-refractivity contribution >= 4 is 23.1 Å². The Hall–Kier alpha value is -0.640. The van der Waals surface area contributed by atoms with Crippen LogP contribution in [0.2, 0.25) is 0 Å². The van der Waals surface area contributed by atoms with Gasteiger partial charge in [-0.05, 0) is 31.6 Å². The predicted octanol–water partition coefficient (Wildman–Crippen LogP) is 3.26. The van der Waals surface area contributed by atoms with Crippen LogP contribution in [0.3, 0.4) is 0 Å². The maximum Gasteiger partial charge on any atom is 0.235 e. The van der Waals surface area contributed by atoms with E-state index in [1.165, 1.54) is 12.8 Å². The van der Waals surface area contributed by atoms with Crippen molar-refractivity contribution in [1.29, 1.82) is 0 Å². The van der Waals surface area contributed by atoms with E-state index < -0.39 is 5.41 Å². The van der Waals surface area contributed by atoms with Gasteiger partial charge in [0.15, 0.2) is 0 Å². The molecular formula is C16H28N2OS. The van der Waals surface area contributed by atoms with Crippen molar-refractivity contribution in [2.75, 3.05) is 6.54 Å². The smallest absolute Gasteiger partial charge is 0.235 e. The van der Waals surface area contributed by atoms with Crippen molar-refractivity contribution in [2.45, 2.75) is 71.3 Å². The molecule has 0 aromatic heterocycles. The Morgan fingerprint density at radius 3 is 2.25 bits per heavy atom. The third-order valence-corrected chi connectivity index (χ3v) is 5.32. The Labute approximate surface area is 128 Å². The summed E-state index contributed by atoms with van der Waals surface area (Å²) < 4.78 is 0. The first kappa shape index (κ1) is 15.7. The van der Waals surface area contributed by atoms with Gasteiger partial charge in [-0.1, -0.05) is 51.7 Å². The van der Waals surface area contributed by atoms with E-state index in [9.17, 15) is 4.79 Å². The fourth-order valence-electron chi connectivity index (χ4n) is 3.83. The molecule has 0 bridgehead atoms. The largest absolute Gasteiger partial charge is 0.392 e. The Kier molecular flexibility index (Phi) is 5.05. The molecule has 0 saturated heterocycles. The summed E-state index contributed by atoms with van der Waals surface area (Å²) in [5.74, 6) is 0.715. The Morgan fingerprint density at radius 1 is 1.25 bits per heavy atom. The molecule has 0 heterocycles. The highest BCUT2D eigenvalue weighted by Crippen LogP contribution is 2.41. The Balaban J connectivity index is 2.22. The third-order valence-electron chi connectivity index (χ3n) is 4.93. The molecule has 4 heteroatoms. The van der Waals surface area contributed by atoms with E-state index in [-0.39, 0.29) is 5.91 Å². The molecule has 0 spiro atoms. The summed E-state index contributed by atoms with van der Waals surface area (Å²) in [4.78, 5) is 15.7. The number of hydrogen-bond donors (Lipinski definition) is 1. The van der Waals surface area contributed by atoms with Crippen molar-refractivity contribution in [3.8, 4) is 0 Å². The van der Waals surface area contributed by atoms with Crippen molar-refractivity contribution in [1.82, 2.24) is 4.90 Å². The zero-order valence-corrected chi connectivity index (χ0v) is 13.7. The topological polar surface area (TPSA) is 46.3 Å². The average molecular weight is 296 g/mol. The molecule has 0 unspecified atom stereocenters. The fraction of sp³-hybridized carbons (Fsp3) is 0.875. The lowest BCUT2D eigenvalue weighted by atomic mass is 9.83. The van der Waals surface area contributed by atoms with Crippen molar-refractivity contribution in [2.24, 2.45) is 17.1 Å². The molecule has 0 radical (unpaired) electrons. The molecule has 0 aromatic rings. The molecule has 2 fully saturated rings. The van der Waals surface area contributed by atoms with Gasteiger partial charge in [0, 0.05) is 12.6 Å². The number of carbonyl (C=O) groups excluding carboxylic acids is 1. The van der Waals surface area contributed by atoms with Crippen LogP contribution in [0.5, 0.6) is 0 Å². The number of amides is 1. The summed E-state index contributed by atoms with van der Waals surface area (Å²) in [6.45, 7) is 5.20. The molecule has 3 nitrogen and oxygen atoms in total. The first-order valence-corrected chi connectivity index (χ1v) is 8.49. The lowest BCUT2D eigenvalue weighted by molar-refractivity contribution is -0.141. The second-order valence-electron chi connectivity index (χ2n) is 6.94. The van der Waals surface area contributed by atoms with Crippen molar-refractivity contribution in [3.05, 3.63) is 0 Å². The molecule has 1 amide bonds. The van der Waals surface area contributed by atoms with Gasteiger partial charge in [-0.3, -0.25) is 4.79 Å². The van der Waals surface area contributed by atoms with Crippen LogP contribution in [0, 0.1) is 11.3 Å². The summed E-state index contributed by atoms with van der Waals surface area (Å²) in [6.07, 6.45) is 8.62. The van der Waals surface area contributed by atoms with Crippen LogP contribution in [0.1, 0.15) is 65.2 Å². The van der Waals surface area contributed by atoms with E-state index in [1.807, 2.05) is 0 Å². The molecule has 0 atom stereocenters. The summed E-state index contributed by atoms with van der Waals surface area (Å²) >= 11 is 5.28. The number of hydrogen-bond acceptors (Lipinski definition) is 2. The van der Waals surface area contributed by atoms with Crippen LogP contribution in [-0.2, 0) is 4.79 Å². The van der Waals surface area contributed by atoms with Gasteiger partial charge in [0.2, 0.25) is 5.91 Å². The number of carbonyl (C=O) groups is 1. The van der Waals surface area contributed by atoms with Gasteiger partial charge in [-0.15, -0.1) is 0 Å². The van der Waals surface area contributed by atoms with Gasteiger partial charge < -0.3 is 10.6 Å². The summed E-state index contributed by atoms with van der Waals surface area (Å²) in [5, 5.41) is 0. The highest BCUT2D eigenvalue weighted by molar-refractivity contribution is 7.80. The van der Waals surface area contributed by atoms with Crippen LogP contribution in [0.4, 0.5) is 0 Å². The number of nitrogens with two attached hydrogens (primary N) is 1. The molecule has 2 N–H and O–H groups in total. The number of thiocarbonyl (C=S) groups is 1. The Bertz CT molecular complexity index is 369. The van der Waals surface area contributed by atoms with Gasteiger partial charge in [-0.2, -0.15) is 0 Å². The zero-order chi connectivity index (χ0) is 14.8. The predicted molar refractivity (Wildman–Crippen MR) is 86.5 cm³/mol. The molecule has 0 aliphatic heterocycles. The molecule has 2 aliphatic carbocycles. The van der Waals surface area contributed by atoms with E-state index in [0.717, 1.165) is 45.1 Å². The molecule has 114 valence electrons. The first-order chi connectivity index (χ1) is 9.47. The van der Waals surface area contributed by atoms with E-state index in [4.69, 9.17) is 18.0 Å². The van der Waals surface area contributed by atoms with Crippen molar-refractivity contribution in [3.63, 3.8) is 0 Å². The average Bonchev–Trinajstić information content (AvgIpc) is 3.06. The van der Waals surface area contributed by atoms with Gasteiger partial charge in [0.25, 0.3) is 0 Å². The summed E-state index contributed by atoms with van der Waals surface area (Å²) in [7, 11) is 0. The van der Waals surface area contributed by atoms with Gasteiger partial charge >= 0.3 is 0 Å². The van der Waals surface area contributed by atoms with Gasteiger partial charge in [0.1, 0.15) is 0 Å². The lowest BCUT2D eigenvalue weighted by Gasteiger charge is -2.38. The second-order valence-corrected chi connectivity index (χ2v) is 7.38. The second kappa shape index (κ2) is 6.42. The normalized spacial score (nSPS) is 22.4. The lowest BCUT2D eigenvalue weighted by Crippen LogP contribution is -2.53. The zero-order valence-electron chi connectivity index (χ0n) is 12.9. The maximum absolute atomic E-state index is 13.2. The third kappa shape index (κ3) is 3.00. The quantitative estimate of drug-likeness (QED) is 0.792. The fourth-order valence-corrected chi connectivity index (χ4v) is 4.12. The highest BCUT2D eigenvalue weighted by atomic mass is 32.1. The van der Waals surface area contributed by atoms with Crippen LogP contribution in [0.25, 0.3) is 0 Å². The van der Waals surface area contributed by atoms with E-state index in [2.05, 4.69) is 18.7 Å². The van der Waals surface area contributed by atoms with Gasteiger partial charge in [-0.25, -0.2) is 0 Å². The van der Waals surface area contributed by atoms with Crippen LogP contribution >= 0.6 is 12.2 Å². The van der Waals surface area contributed by atoms with Crippen molar-refractivity contribution < 1.29 is 4.79 Å². The maximum atomic E-state index is 13.2. The van der Waals surface area contributed by atoms with E-state index >= 15 is 0 Å². The Morgan fingerprint density at radius 2 is 1.80 bits per heavy atom. The molecule has 2 aliphatic rings. The molecular weight excluding hydrogens is 268 g/mol. The van der Waals surface area contributed by atoms with Crippen LogP contribution in [0.15, 0.2) is 0 Å². The standard InChI is InChI=1S/C16H28N2OS/c1-12(2)11-18(13-7-3-4-8-13)15(19)16(14(17)20)9-5-6-10-16/h12-13H,3-11H2,1-2H3,(H2,17,20). The van der Waals surface area contributed by atoms with E-state index in [1.54, 1.807) is 0 Å². The number of rotatable bonds is 5. The van der Waals surface area contributed by atoms with Gasteiger partial charge in [0.05, 0.1) is 10.4 Å². The number of nitrogens with zero attached hydrogens (tertiary/aromatic N) is 1.